The molecular formula is C26H25ClN4O3. The van der Waals surface area contributed by atoms with Gasteiger partial charge in [-0.1, -0.05) is 67.1 Å². The molecule has 34 heavy (non-hydrogen) atoms. The summed E-state index contributed by atoms with van der Waals surface area (Å²) < 4.78 is 1.52. The number of aromatic nitrogens is 2. The fourth-order valence-corrected chi connectivity index (χ4v) is 4.45. The number of fused-ring (bicyclic) bond motifs is 1. The van der Waals surface area contributed by atoms with Gasteiger partial charge in [0.15, 0.2) is 0 Å². The van der Waals surface area contributed by atoms with Crippen molar-refractivity contribution in [2.75, 3.05) is 0 Å². The van der Waals surface area contributed by atoms with Crippen LogP contribution in [0.5, 0.6) is 0 Å². The molecule has 0 spiro atoms. The molecule has 1 atom stereocenters. The standard InChI is InChI=1S/C26H25ClN4O3/c1-2-15-31-16-20(23(32)19-13-14-21(27)29-24(19)31)25(33)30-22(17-9-5-3-6-10-17)26(34)28-18-11-7-4-8-12-18/h1,3,5-6,9-10,13-14,16,18,22H,4,7-8,11-12,15H2,(H,28,34)(H,30,33). The Morgan fingerprint density at radius 1 is 1.15 bits per heavy atom. The number of hydrogen-bond donors (Lipinski definition) is 2. The van der Waals surface area contributed by atoms with Gasteiger partial charge in [-0.05, 0) is 30.5 Å². The van der Waals surface area contributed by atoms with Crippen molar-refractivity contribution in [3.8, 4) is 12.3 Å². The van der Waals surface area contributed by atoms with E-state index in [1.807, 2.05) is 6.07 Å². The molecule has 1 aromatic carbocycles. The van der Waals surface area contributed by atoms with E-state index in [1.165, 1.54) is 22.9 Å². The van der Waals surface area contributed by atoms with Crippen LogP contribution in [0.4, 0.5) is 0 Å². The molecule has 1 aliphatic carbocycles. The first-order chi connectivity index (χ1) is 16.5. The maximum atomic E-state index is 13.3. The molecule has 3 aromatic rings. The smallest absolute Gasteiger partial charge is 0.257 e. The van der Waals surface area contributed by atoms with E-state index in [1.54, 1.807) is 24.3 Å². The number of terminal acetylenes is 1. The van der Waals surface area contributed by atoms with Crippen molar-refractivity contribution in [1.82, 2.24) is 20.2 Å². The van der Waals surface area contributed by atoms with Gasteiger partial charge < -0.3 is 15.2 Å². The highest BCUT2D eigenvalue weighted by Gasteiger charge is 2.27. The fraction of sp³-hybridized carbons (Fsp3) is 0.308. The molecule has 0 aliphatic heterocycles. The fourth-order valence-electron chi connectivity index (χ4n) is 4.31. The van der Waals surface area contributed by atoms with Crippen LogP contribution in [0.3, 0.4) is 0 Å². The molecule has 2 N–H and O–H groups in total. The average molecular weight is 477 g/mol. The van der Waals surface area contributed by atoms with Crippen LogP contribution in [0.2, 0.25) is 5.15 Å². The second-order valence-electron chi connectivity index (χ2n) is 8.37. The lowest BCUT2D eigenvalue weighted by Gasteiger charge is -2.26. The third-order valence-corrected chi connectivity index (χ3v) is 6.23. The Bertz CT molecular complexity index is 1310. The molecule has 4 rings (SSSR count). The van der Waals surface area contributed by atoms with E-state index in [-0.39, 0.29) is 34.6 Å². The van der Waals surface area contributed by atoms with Gasteiger partial charge >= 0.3 is 0 Å². The molecule has 1 unspecified atom stereocenters. The lowest BCUT2D eigenvalue weighted by atomic mass is 9.95. The number of nitrogens with zero attached hydrogens (tertiary/aromatic N) is 2. The molecule has 174 valence electrons. The van der Waals surface area contributed by atoms with Crippen LogP contribution in [-0.4, -0.2) is 27.4 Å². The highest BCUT2D eigenvalue weighted by atomic mass is 35.5. The van der Waals surface area contributed by atoms with Crippen LogP contribution in [0.1, 0.15) is 54.1 Å². The number of hydrogen-bond acceptors (Lipinski definition) is 4. The third kappa shape index (κ3) is 5.13. The quantitative estimate of drug-likeness (QED) is 0.420. The molecule has 1 saturated carbocycles. The molecular weight excluding hydrogens is 452 g/mol. The zero-order valence-electron chi connectivity index (χ0n) is 18.6. The van der Waals surface area contributed by atoms with Crippen molar-refractivity contribution in [3.05, 3.63) is 75.2 Å². The van der Waals surface area contributed by atoms with Gasteiger partial charge in [-0.25, -0.2) is 4.98 Å². The summed E-state index contributed by atoms with van der Waals surface area (Å²) in [7, 11) is 0. The Morgan fingerprint density at radius 2 is 1.88 bits per heavy atom. The maximum Gasteiger partial charge on any atom is 0.257 e. The van der Waals surface area contributed by atoms with Crippen molar-refractivity contribution in [3.63, 3.8) is 0 Å². The minimum atomic E-state index is -0.949. The number of nitrogens with one attached hydrogen (secondary N) is 2. The van der Waals surface area contributed by atoms with E-state index in [2.05, 4.69) is 21.5 Å². The van der Waals surface area contributed by atoms with Gasteiger partial charge in [0.1, 0.15) is 22.4 Å². The second-order valence-corrected chi connectivity index (χ2v) is 8.76. The first-order valence-corrected chi connectivity index (χ1v) is 11.6. The van der Waals surface area contributed by atoms with E-state index < -0.39 is 17.4 Å². The summed E-state index contributed by atoms with van der Waals surface area (Å²) in [5.74, 6) is 1.53. The molecule has 0 saturated heterocycles. The monoisotopic (exact) mass is 476 g/mol. The molecule has 8 heteroatoms. The van der Waals surface area contributed by atoms with E-state index in [4.69, 9.17) is 18.0 Å². The largest absolute Gasteiger partial charge is 0.351 e. The SMILES string of the molecule is C#CCn1cc(C(=O)NC(C(=O)NC2CCCCC2)c2ccccc2)c(=O)c2ccc(Cl)nc21. The summed E-state index contributed by atoms with van der Waals surface area (Å²) in [4.78, 5) is 43.9. The number of carbonyl (C=O) groups excluding carboxylic acids is 2. The Hall–Kier alpha value is -3.63. The number of pyridine rings is 2. The predicted octanol–water partition coefficient (Wildman–Crippen LogP) is 3.60. The lowest BCUT2D eigenvalue weighted by Crippen LogP contribution is -2.45. The van der Waals surface area contributed by atoms with Crippen LogP contribution in [-0.2, 0) is 11.3 Å². The predicted molar refractivity (Wildman–Crippen MR) is 132 cm³/mol. The van der Waals surface area contributed by atoms with Gasteiger partial charge in [0, 0.05) is 12.2 Å². The second kappa shape index (κ2) is 10.5. The molecule has 7 nitrogen and oxygen atoms in total. The van der Waals surface area contributed by atoms with Crippen LogP contribution in [0.25, 0.3) is 11.0 Å². The van der Waals surface area contributed by atoms with Crippen molar-refractivity contribution < 1.29 is 9.59 Å². The van der Waals surface area contributed by atoms with Gasteiger partial charge in [0.25, 0.3) is 5.91 Å². The van der Waals surface area contributed by atoms with Crippen molar-refractivity contribution in [2.24, 2.45) is 0 Å². The average Bonchev–Trinajstić information content (AvgIpc) is 2.85. The molecule has 2 heterocycles. The third-order valence-electron chi connectivity index (χ3n) is 6.02. The molecule has 0 bridgehead atoms. The van der Waals surface area contributed by atoms with Crippen LogP contribution < -0.4 is 16.1 Å². The van der Waals surface area contributed by atoms with Gasteiger partial charge in [0.2, 0.25) is 11.3 Å². The summed E-state index contributed by atoms with van der Waals surface area (Å²) in [5.41, 5.74) is 0.284. The zero-order chi connectivity index (χ0) is 24.1. The minimum absolute atomic E-state index is 0.0775. The molecule has 1 aliphatic rings. The van der Waals surface area contributed by atoms with Crippen molar-refractivity contribution in [1.29, 1.82) is 0 Å². The van der Waals surface area contributed by atoms with Gasteiger partial charge in [0.05, 0.1) is 11.9 Å². The van der Waals surface area contributed by atoms with Crippen molar-refractivity contribution >= 4 is 34.4 Å². The Morgan fingerprint density at radius 3 is 2.59 bits per heavy atom. The highest BCUT2D eigenvalue weighted by Crippen LogP contribution is 2.20. The van der Waals surface area contributed by atoms with Crippen LogP contribution in [0, 0.1) is 12.3 Å². The van der Waals surface area contributed by atoms with Crippen LogP contribution >= 0.6 is 11.6 Å². The number of halogens is 1. The summed E-state index contributed by atoms with van der Waals surface area (Å²) in [5, 5.41) is 6.26. The number of rotatable bonds is 6. The summed E-state index contributed by atoms with van der Waals surface area (Å²) in [6.45, 7) is 0.0919. The maximum absolute atomic E-state index is 13.3. The van der Waals surface area contributed by atoms with Gasteiger partial charge in [-0.15, -0.1) is 6.42 Å². The van der Waals surface area contributed by atoms with E-state index in [9.17, 15) is 14.4 Å². The van der Waals surface area contributed by atoms with Gasteiger partial charge in [-0.3, -0.25) is 14.4 Å². The van der Waals surface area contributed by atoms with E-state index >= 15 is 0 Å². The highest BCUT2D eigenvalue weighted by molar-refractivity contribution is 6.29. The van der Waals surface area contributed by atoms with Crippen molar-refractivity contribution in [2.45, 2.75) is 50.7 Å². The lowest BCUT2D eigenvalue weighted by molar-refractivity contribution is -0.124. The van der Waals surface area contributed by atoms with E-state index in [0.29, 0.717) is 11.2 Å². The molecule has 2 aromatic heterocycles. The number of carbonyl (C=O) groups is 2. The Labute approximate surface area is 202 Å². The first kappa shape index (κ1) is 23.5. The summed E-state index contributed by atoms with van der Waals surface area (Å²) >= 11 is 6.00. The molecule has 1 fully saturated rings. The summed E-state index contributed by atoms with van der Waals surface area (Å²) in [6.07, 6.45) is 12.0. The molecule has 0 radical (unpaired) electrons. The normalized spacial score (nSPS) is 14.8. The number of amides is 2. The number of benzene rings is 1. The zero-order valence-corrected chi connectivity index (χ0v) is 19.3. The molecule has 2 amide bonds. The Kier molecular flexibility index (Phi) is 7.29. The summed E-state index contributed by atoms with van der Waals surface area (Å²) in [6, 6.07) is 11.1. The Balaban J connectivity index is 1.68. The topological polar surface area (TPSA) is 93.1 Å². The minimum Gasteiger partial charge on any atom is -0.351 e. The van der Waals surface area contributed by atoms with E-state index in [0.717, 1.165) is 32.1 Å². The van der Waals surface area contributed by atoms with Gasteiger partial charge in [-0.2, -0.15) is 0 Å². The first-order valence-electron chi connectivity index (χ1n) is 11.3. The van der Waals surface area contributed by atoms with Crippen LogP contribution in [0.15, 0.2) is 53.5 Å².